The summed E-state index contributed by atoms with van der Waals surface area (Å²) in [6.45, 7) is 10.4. The molecule has 0 bridgehead atoms. The molecular weight excluding hydrogens is 448 g/mol. The van der Waals surface area contributed by atoms with E-state index >= 15 is 0 Å². The van der Waals surface area contributed by atoms with E-state index in [0.717, 1.165) is 33.4 Å². The van der Waals surface area contributed by atoms with Gasteiger partial charge in [-0.1, -0.05) is 86.0 Å². The lowest BCUT2D eigenvalue weighted by molar-refractivity contribution is -0.130. The molecule has 0 saturated heterocycles. The number of esters is 2. The summed E-state index contributed by atoms with van der Waals surface area (Å²) in [5.41, 5.74) is 7.15. The first kappa shape index (κ1) is 24.4. The first-order valence-corrected chi connectivity index (χ1v) is 11.5. The van der Waals surface area contributed by atoms with E-state index in [1.807, 2.05) is 24.3 Å². The molecule has 36 heavy (non-hydrogen) atoms. The van der Waals surface area contributed by atoms with Crippen molar-refractivity contribution in [1.82, 2.24) is 0 Å². The second-order valence-corrected chi connectivity index (χ2v) is 8.54. The van der Waals surface area contributed by atoms with Crippen LogP contribution in [0.4, 0.5) is 0 Å². The van der Waals surface area contributed by atoms with Gasteiger partial charge in [0, 0.05) is 11.1 Å². The average Bonchev–Trinajstić information content (AvgIpc) is 2.89. The molecule has 0 aromatic heterocycles. The molecule has 4 heteroatoms. The van der Waals surface area contributed by atoms with Crippen LogP contribution in [-0.2, 0) is 9.59 Å². The lowest BCUT2D eigenvalue weighted by atomic mass is 9.98. The van der Waals surface area contributed by atoms with Crippen LogP contribution in [0.3, 0.4) is 0 Å². The van der Waals surface area contributed by atoms with E-state index in [4.69, 9.17) is 9.47 Å². The average molecular weight is 475 g/mol. The Labute approximate surface area is 211 Å². The van der Waals surface area contributed by atoms with E-state index in [2.05, 4.69) is 61.7 Å². The highest BCUT2D eigenvalue weighted by Crippen LogP contribution is 2.29. The summed E-state index contributed by atoms with van der Waals surface area (Å²) in [7, 11) is 0. The molecule has 4 aromatic rings. The van der Waals surface area contributed by atoms with E-state index in [9.17, 15) is 9.59 Å². The van der Waals surface area contributed by atoms with Crippen LogP contribution in [0.5, 0.6) is 11.5 Å². The van der Waals surface area contributed by atoms with E-state index < -0.39 is 11.9 Å². The van der Waals surface area contributed by atoms with Crippen LogP contribution in [0.15, 0.2) is 121 Å². The number of carbonyl (C=O) groups excluding carboxylic acids is 2. The van der Waals surface area contributed by atoms with Gasteiger partial charge in [-0.3, -0.25) is 0 Å². The Bertz CT molecular complexity index is 1300. The van der Waals surface area contributed by atoms with Gasteiger partial charge < -0.3 is 9.47 Å². The molecule has 0 unspecified atom stereocenters. The van der Waals surface area contributed by atoms with Crippen LogP contribution in [-0.4, -0.2) is 11.9 Å². The number of ether oxygens (including phenoxy) is 2. The SMILES string of the molecule is C=C(C)C(=O)Oc1ccc(-c2ccc(-c3ccc(-c4ccc(OC(=O)C(=C)C)cc4)cc3)cc2)cc1. The second-order valence-electron chi connectivity index (χ2n) is 8.54. The molecule has 0 saturated carbocycles. The summed E-state index contributed by atoms with van der Waals surface area (Å²) in [5.74, 6) is 0.121. The summed E-state index contributed by atoms with van der Waals surface area (Å²) in [6, 6.07) is 31.5. The Hall–Kier alpha value is -4.70. The van der Waals surface area contributed by atoms with E-state index in [0.29, 0.717) is 22.6 Å². The third-order valence-electron chi connectivity index (χ3n) is 5.60. The van der Waals surface area contributed by atoms with Crippen LogP contribution in [0, 0.1) is 0 Å². The van der Waals surface area contributed by atoms with Gasteiger partial charge in [0.25, 0.3) is 0 Å². The number of rotatable bonds is 7. The topological polar surface area (TPSA) is 52.6 Å². The monoisotopic (exact) mass is 474 g/mol. The van der Waals surface area contributed by atoms with Gasteiger partial charge in [-0.15, -0.1) is 0 Å². The molecule has 178 valence electrons. The highest BCUT2D eigenvalue weighted by atomic mass is 16.5. The van der Waals surface area contributed by atoms with Crippen LogP contribution in [0.25, 0.3) is 33.4 Å². The van der Waals surface area contributed by atoms with Crippen molar-refractivity contribution in [3.63, 3.8) is 0 Å². The Kier molecular flexibility index (Phi) is 7.26. The van der Waals surface area contributed by atoms with E-state index in [-0.39, 0.29) is 0 Å². The quantitative estimate of drug-likeness (QED) is 0.157. The lowest BCUT2D eigenvalue weighted by Crippen LogP contribution is -2.07. The van der Waals surface area contributed by atoms with Crippen molar-refractivity contribution in [2.24, 2.45) is 0 Å². The Balaban J connectivity index is 1.43. The minimum Gasteiger partial charge on any atom is -0.423 e. The molecule has 0 N–H and O–H groups in total. The lowest BCUT2D eigenvalue weighted by Gasteiger charge is -2.09. The maximum absolute atomic E-state index is 11.7. The van der Waals surface area contributed by atoms with Gasteiger partial charge in [0.1, 0.15) is 11.5 Å². The summed E-state index contributed by atoms with van der Waals surface area (Å²) < 4.78 is 10.5. The molecule has 0 radical (unpaired) electrons. The highest BCUT2D eigenvalue weighted by Gasteiger charge is 2.08. The van der Waals surface area contributed by atoms with Crippen molar-refractivity contribution in [3.05, 3.63) is 121 Å². The Morgan fingerprint density at radius 2 is 0.639 bits per heavy atom. The molecule has 0 amide bonds. The van der Waals surface area contributed by atoms with E-state index in [1.165, 1.54) is 0 Å². The number of hydrogen-bond acceptors (Lipinski definition) is 4. The highest BCUT2D eigenvalue weighted by molar-refractivity contribution is 5.89. The fourth-order valence-electron chi connectivity index (χ4n) is 3.53. The zero-order chi connectivity index (χ0) is 25.7. The van der Waals surface area contributed by atoms with Crippen LogP contribution >= 0.6 is 0 Å². The molecule has 4 rings (SSSR count). The maximum Gasteiger partial charge on any atom is 0.338 e. The minimum atomic E-state index is -0.431. The van der Waals surface area contributed by atoms with Gasteiger partial charge in [-0.2, -0.15) is 0 Å². The summed E-state index contributed by atoms with van der Waals surface area (Å²) in [5, 5.41) is 0. The molecule has 4 aromatic carbocycles. The first-order chi connectivity index (χ1) is 17.3. The minimum absolute atomic E-state index is 0.363. The smallest absolute Gasteiger partial charge is 0.338 e. The molecule has 4 nitrogen and oxygen atoms in total. The van der Waals surface area contributed by atoms with Gasteiger partial charge in [-0.25, -0.2) is 9.59 Å². The van der Waals surface area contributed by atoms with Crippen molar-refractivity contribution in [3.8, 4) is 44.9 Å². The standard InChI is InChI=1S/C32H26O4/c1-21(2)31(33)35-29-17-13-27(14-18-29)25-9-5-23(6-10-25)24-7-11-26(12-8-24)28-15-19-30(20-16-28)36-32(34)22(3)4/h5-20H,1,3H2,2,4H3. The van der Waals surface area contributed by atoms with Crippen LogP contribution < -0.4 is 9.47 Å². The van der Waals surface area contributed by atoms with Crippen molar-refractivity contribution < 1.29 is 19.1 Å². The zero-order valence-corrected chi connectivity index (χ0v) is 20.3. The predicted octanol–water partition coefficient (Wildman–Crippen LogP) is 7.65. The van der Waals surface area contributed by atoms with Crippen LogP contribution in [0.2, 0.25) is 0 Å². The van der Waals surface area contributed by atoms with Crippen molar-refractivity contribution in [2.45, 2.75) is 13.8 Å². The van der Waals surface area contributed by atoms with Gasteiger partial charge in [0.05, 0.1) is 0 Å². The fraction of sp³-hybridized carbons (Fsp3) is 0.0625. The van der Waals surface area contributed by atoms with Crippen LogP contribution in [0.1, 0.15) is 13.8 Å². The van der Waals surface area contributed by atoms with Gasteiger partial charge in [-0.05, 0) is 71.5 Å². The van der Waals surface area contributed by atoms with Gasteiger partial charge in [0.15, 0.2) is 0 Å². The molecule has 0 aliphatic heterocycles. The normalized spacial score (nSPS) is 10.4. The van der Waals surface area contributed by atoms with Crippen molar-refractivity contribution >= 4 is 11.9 Å². The Morgan fingerprint density at radius 1 is 0.444 bits per heavy atom. The second kappa shape index (κ2) is 10.7. The number of hydrogen-bond donors (Lipinski definition) is 0. The summed E-state index contributed by atoms with van der Waals surface area (Å²) in [4.78, 5) is 23.3. The van der Waals surface area contributed by atoms with Crippen molar-refractivity contribution in [2.75, 3.05) is 0 Å². The van der Waals surface area contributed by atoms with E-state index in [1.54, 1.807) is 38.1 Å². The molecule has 0 spiro atoms. The third kappa shape index (κ3) is 5.86. The predicted molar refractivity (Wildman–Crippen MR) is 144 cm³/mol. The first-order valence-electron chi connectivity index (χ1n) is 11.5. The Morgan fingerprint density at radius 3 is 0.833 bits per heavy atom. The summed E-state index contributed by atoms with van der Waals surface area (Å²) in [6.07, 6.45) is 0. The maximum atomic E-state index is 11.7. The molecule has 0 atom stereocenters. The molecule has 0 aliphatic rings. The third-order valence-corrected chi connectivity index (χ3v) is 5.60. The summed E-state index contributed by atoms with van der Waals surface area (Å²) >= 11 is 0. The molecule has 0 aliphatic carbocycles. The molecular formula is C32H26O4. The molecule has 0 heterocycles. The largest absolute Gasteiger partial charge is 0.423 e. The van der Waals surface area contributed by atoms with Crippen molar-refractivity contribution in [1.29, 1.82) is 0 Å². The number of carbonyl (C=O) groups is 2. The fourth-order valence-corrected chi connectivity index (χ4v) is 3.53. The van der Waals surface area contributed by atoms with Gasteiger partial charge in [0.2, 0.25) is 0 Å². The molecule has 0 fully saturated rings. The number of benzene rings is 4. The zero-order valence-electron chi connectivity index (χ0n) is 20.3. The van der Waals surface area contributed by atoms with Gasteiger partial charge >= 0.3 is 11.9 Å².